The van der Waals surface area contributed by atoms with Crippen LogP contribution in [-0.2, 0) is 4.79 Å². The number of amides is 2. The first-order chi connectivity index (χ1) is 11.1. The highest BCUT2D eigenvalue weighted by Crippen LogP contribution is 2.17. The van der Waals surface area contributed by atoms with Crippen molar-refractivity contribution in [2.24, 2.45) is 0 Å². The standard InChI is InChI=1S/C18H17ClN2O2/c1-2-20-18(23)14-8-4-6-10-16(14)21-17(22)12-11-13-7-3-5-9-15(13)19/h3-12H,2H2,1H3,(H,20,23)(H,21,22). The van der Waals surface area contributed by atoms with Gasteiger partial charge < -0.3 is 10.6 Å². The van der Waals surface area contributed by atoms with Crippen LogP contribution in [0.1, 0.15) is 22.8 Å². The first-order valence-electron chi connectivity index (χ1n) is 7.22. The number of carbonyl (C=O) groups excluding carboxylic acids is 2. The summed E-state index contributed by atoms with van der Waals surface area (Å²) in [5.74, 6) is -0.555. The fourth-order valence-corrected chi connectivity index (χ4v) is 2.19. The second kappa shape index (κ2) is 8.15. The quantitative estimate of drug-likeness (QED) is 0.821. The molecule has 0 aliphatic rings. The fraction of sp³-hybridized carbons (Fsp3) is 0.111. The van der Waals surface area contributed by atoms with Gasteiger partial charge >= 0.3 is 0 Å². The van der Waals surface area contributed by atoms with Crippen LogP contribution in [-0.4, -0.2) is 18.4 Å². The predicted octanol–water partition coefficient (Wildman–Crippen LogP) is 3.74. The minimum atomic E-state index is -0.332. The van der Waals surface area contributed by atoms with Crippen LogP contribution >= 0.6 is 11.6 Å². The molecule has 0 fully saturated rings. The second-order valence-electron chi connectivity index (χ2n) is 4.75. The summed E-state index contributed by atoms with van der Waals surface area (Å²) in [5.41, 5.74) is 1.64. The summed E-state index contributed by atoms with van der Waals surface area (Å²) >= 11 is 6.03. The maximum atomic E-state index is 12.1. The third-order valence-electron chi connectivity index (χ3n) is 3.09. The first-order valence-corrected chi connectivity index (χ1v) is 7.60. The molecule has 2 rings (SSSR count). The maximum absolute atomic E-state index is 12.1. The molecule has 0 aliphatic heterocycles. The van der Waals surface area contributed by atoms with Crippen molar-refractivity contribution in [2.45, 2.75) is 6.92 Å². The average molecular weight is 329 g/mol. The van der Waals surface area contributed by atoms with Gasteiger partial charge in [0.25, 0.3) is 5.91 Å². The summed E-state index contributed by atoms with van der Waals surface area (Å²) in [6.07, 6.45) is 3.02. The van der Waals surface area contributed by atoms with Crippen LogP contribution in [0.15, 0.2) is 54.6 Å². The molecular formula is C18H17ClN2O2. The number of carbonyl (C=O) groups is 2. The number of halogens is 1. The van der Waals surface area contributed by atoms with Gasteiger partial charge in [0.15, 0.2) is 0 Å². The van der Waals surface area contributed by atoms with Gasteiger partial charge in [0, 0.05) is 17.6 Å². The Morgan fingerprint density at radius 2 is 1.78 bits per heavy atom. The molecule has 2 aromatic carbocycles. The molecule has 0 saturated heterocycles. The van der Waals surface area contributed by atoms with Crippen molar-refractivity contribution in [2.75, 3.05) is 11.9 Å². The summed E-state index contributed by atoms with van der Waals surface area (Å²) in [7, 11) is 0. The van der Waals surface area contributed by atoms with Gasteiger partial charge in [-0.25, -0.2) is 0 Å². The molecule has 23 heavy (non-hydrogen) atoms. The molecule has 0 bridgehead atoms. The van der Waals surface area contributed by atoms with Crippen LogP contribution in [0, 0.1) is 0 Å². The van der Waals surface area contributed by atoms with E-state index < -0.39 is 0 Å². The molecule has 2 amide bonds. The molecule has 0 saturated carbocycles. The minimum absolute atomic E-state index is 0.224. The Morgan fingerprint density at radius 1 is 1.09 bits per heavy atom. The Morgan fingerprint density at radius 3 is 2.52 bits per heavy atom. The number of hydrogen-bond acceptors (Lipinski definition) is 2. The summed E-state index contributed by atoms with van der Waals surface area (Å²) in [6.45, 7) is 2.36. The van der Waals surface area contributed by atoms with E-state index in [-0.39, 0.29) is 11.8 Å². The minimum Gasteiger partial charge on any atom is -0.352 e. The van der Waals surface area contributed by atoms with Crippen LogP contribution in [0.4, 0.5) is 5.69 Å². The van der Waals surface area contributed by atoms with Crippen molar-refractivity contribution in [3.8, 4) is 0 Å². The van der Waals surface area contributed by atoms with Crippen molar-refractivity contribution >= 4 is 35.2 Å². The van der Waals surface area contributed by atoms with Crippen molar-refractivity contribution in [3.63, 3.8) is 0 Å². The Bertz CT molecular complexity index is 741. The van der Waals surface area contributed by atoms with Crippen LogP contribution in [0.5, 0.6) is 0 Å². The van der Waals surface area contributed by atoms with E-state index in [0.29, 0.717) is 22.8 Å². The van der Waals surface area contributed by atoms with Crippen LogP contribution in [0.2, 0.25) is 5.02 Å². The van der Waals surface area contributed by atoms with Crippen molar-refractivity contribution in [1.82, 2.24) is 5.32 Å². The molecule has 0 radical (unpaired) electrons. The van der Waals surface area contributed by atoms with Gasteiger partial charge in [-0.3, -0.25) is 9.59 Å². The lowest BCUT2D eigenvalue weighted by atomic mass is 10.1. The molecule has 5 heteroatoms. The van der Waals surface area contributed by atoms with E-state index >= 15 is 0 Å². The number of anilines is 1. The van der Waals surface area contributed by atoms with Gasteiger partial charge in [-0.05, 0) is 36.8 Å². The lowest BCUT2D eigenvalue weighted by molar-refractivity contribution is -0.111. The molecule has 0 atom stereocenters. The number of benzene rings is 2. The van der Waals surface area contributed by atoms with E-state index in [9.17, 15) is 9.59 Å². The highest BCUT2D eigenvalue weighted by atomic mass is 35.5. The topological polar surface area (TPSA) is 58.2 Å². The normalized spacial score (nSPS) is 10.5. The zero-order chi connectivity index (χ0) is 16.7. The Balaban J connectivity index is 2.12. The number of para-hydroxylation sites is 1. The summed E-state index contributed by atoms with van der Waals surface area (Å²) in [5, 5.41) is 5.99. The highest BCUT2D eigenvalue weighted by molar-refractivity contribution is 6.32. The van der Waals surface area contributed by atoms with Gasteiger partial charge in [-0.2, -0.15) is 0 Å². The summed E-state index contributed by atoms with van der Waals surface area (Å²) in [6, 6.07) is 14.1. The van der Waals surface area contributed by atoms with E-state index in [0.717, 1.165) is 5.56 Å². The van der Waals surface area contributed by atoms with E-state index in [1.807, 2.05) is 25.1 Å². The van der Waals surface area contributed by atoms with Crippen LogP contribution in [0.25, 0.3) is 6.08 Å². The lowest BCUT2D eigenvalue weighted by Crippen LogP contribution is -2.24. The molecular weight excluding hydrogens is 312 g/mol. The Labute approximate surface area is 140 Å². The zero-order valence-corrected chi connectivity index (χ0v) is 13.4. The molecule has 0 aromatic heterocycles. The summed E-state index contributed by atoms with van der Waals surface area (Å²) in [4.78, 5) is 24.0. The molecule has 0 spiro atoms. The van der Waals surface area contributed by atoms with Gasteiger partial charge in [0.2, 0.25) is 5.91 Å². The summed E-state index contributed by atoms with van der Waals surface area (Å²) < 4.78 is 0. The van der Waals surface area contributed by atoms with Gasteiger partial charge in [0.1, 0.15) is 0 Å². The third kappa shape index (κ3) is 4.69. The van der Waals surface area contributed by atoms with Crippen molar-refractivity contribution in [1.29, 1.82) is 0 Å². The SMILES string of the molecule is CCNC(=O)c1ccccc1NC(=O)C=Cc1ccccc1Cl. The third-order valence-corrected chi connectivity index (χ3v) is 3.43. The maximum Gasteiger partial charge on any atom is 0.253 e. The molecule has 0 heterocycles. The van der Waals surface area contributed by atoms with Crippen LogP contribution in [0.3, 0.4) is 0 Å². The number of nitrogens with one attached hydrogen (secondary N) is 2. The number of rotatable bonds is 5. The average Bonchev–Trinajstić information content (AvgIpc) is 2.55. The number of hydrogen-bond donors (Lipinski definition) is 2. The molecule has 2 aromatic rings. The zero-order valence-electron chi connectivity index (χ0n) is 12.7. The lowest BCUT2D eigenvalue weighted by Gasteiger charge is -2.09. The van der Waals surface area contributed by atoms with Gasteiger partial charge in [0.05, 0.1) is 11.3 Å². The molecule has 0 aliphatic carbocycles. The fourth-order valence-electron chi connectivity index (χ4n) is 2.00. The smallest absolute Gasteiger partial charge is 0.253 e. The van der Waals surface area contributed by atoms with Crippen molar-refractivity contribution < 1.29 is 9.59 Å². The Hall–Kier alpha value is -2.59. The van der Waals surface area contributed by atoms with Crippen molar-refractivity contribution in [3.05, 3.63) is 70.8 Å². The van der Waals surface area contributed by atoms with E-state index in [2.05, 4.69) is 10.6 Å². The predicted molar refractivity (Wildman–Crippen MR) is 93.6 cm³/mol. The molecule has 0 unspecified atom stereocenters. The molecule has 2 N–H and O–H groups in total. The first kappa shape index (κ1) is 16.8. The molecule has 118 valence electrons. The largest absolute Gasteiger partial charge is 0.352 e. The highest BCUT2D eigenvalue weighted by Gasteiger charge is 2.11. The van der Waals surface area contributed by atoms with E-state index in [1.165, 1.54) is 6.08 Å². The van der Waals surface area contributed by atoms with Gasteiger partial charge in [-0.1, -0.05) is 41.9 Å². The molecule has 4 nitrogen and oxygen atoms in total. The monoisotopic (exact) mass is 328 g/mol. The second-order valence-corrected chi connectivity index (χ2v) is 5.16. The van der Waals surface area contributed by atoms with E-state index in [4.69, 9.17) is 11.6 Å². The Kier molecular flexibility index (Phi) is 5.94. The van der Waals surface area contributed by atoms with E-state index in [1.54, 1.807) is 36.4 Å². The van der Waals surface area contributed by atoms with Gasteiger partial charge in [-0.15, -0.1) is 0 Å². The van der Waals surface area contributed by atoms with Crippen LogP contribution < -0.4 is 10.6 Å².